The Hall–Kier alpha value is -2.34. The first kappa shape index (κ1) is 15.6. The molecule has 6 heteroatoms. The fourth-order valence-corrected chi connectivity index (χ4v) is 3.18. The van der Waals surface area contributed by atoms with Crippen LogP contribution in [0.15, 0.2) is 58.8 Å². The summed E-state index contributed by atoms with van der Waals surface area (Å²) < 4.78 is 12.2. The number of nitrogens with zero attached hydrogens (tertiary/aromatic N) is 3. The number of benzene rings is 1. The number of para-hydroxylation sites is 2. The Balaban J connectivity index is 0.000000267. The number of fused-ring (bicyclic) bond motifs is 1. The largest absolute Gasteiger partial charge is 0.331 e. The van der Waals surface area contributed by atoms with Crippen molar-refractivity contribution in [3.05, 3.63) is 54.4 Å². The van der Waals surface area contributed by atoms with Crippen LogP contribution < -0.4 is 0 Å². The van der Waals surface area contributed by atoms with Crippen molar-refractivity contribution in [1.82, 2.24) is 15.0 Å². The first-order valence-corrected chi connectivity index (χ1v) is 8.86. The number of rotatable bonds is 3. The average Bonchev–Trinajstić information content (AvgIpc) is 3.28. The Morgan fingerprint density at radius 2 is 2.00 bits per heavy atom. The third-order valence-corrected chi connectivity index (χ3v) is 4.52. The Bertz CT molecular complexity index is 775. The topological polar surface area (TPSA) is 71.0 Å². The summed E-state index contributed by atoms with van der Waals surface area (Å²) in [4.78, 5) is 15.5. The summed E-state index contributed by atoms with van der Waals surface area (Å²) in [5.41, 5.74) is 2.54. The van der Waals surface area contributed by atoms with Crippen LogP contribution in [0.1, 0.15) is 18.5 Å². The third kappa shape index (κ3) is 4.32. The molecule has 0 aliphatic carbocycles. The van der Waals surface area contributed by atoms with Gasteiger partial charge in [0.15, 0.2) is 5.16 Å². The molecule has 3 heterocycles. The molecule has 1 aliphatic rings. The molecule has 1 atom stereocenters. The highest BCUT2D eigenvalue weighted by Crippen LogP contribution is 2.14. The van der Waals surface area contributed by atoms with E-state index >= 15 is 0 Å². The van der Waals surface area contributed by atoms with E-state index in [2.05, 4.69) is 19.9 Å². The molecule has 1 unspecified atom stereocenters. The van der Waals surface area contributed by atoms with E-state index in [0.29, 0.717) is 10.9 Å². The standard InChI is InChI=1S/C13H11N3OS.C4H7N/c17-18(9-10-5-3-4-8-14-10)13-15-11-6-1-2-7-12(11)16-13;1-2-4-5-3-1/h1-8H,9H2,(H,15,16);3H,1-2,4H2. The van der Waals surface area contributed by atoms with Crippen LogP contribution in [-0.2, 0) is 16.6 Å². The first-order chi connectivity index (χ1) is 11.3. The molecule has 23 heavy (non-hydrogen) atoms. The van der Waals surface area contributed by atoms with Gasteiger partial charge in [-0.25, -0.2) is 4.98 Å². The molecule has 3 aromatic rings. The van der Waals surface area contributed by atoms with E-state index in [0.717, 1.165) is 23.3 Å². The highest BCUT2D eigenvalue weighted by Gasteiger charge is 2.10. The fraction of sp³-hybridized carbons (Fsp3) is 0.235. The van der Waals surface area contributed by atoms with Gasteiger partial charge in [0.1, 0.15) is 0 Å². The molecule has 0 fully saturated rings. The number of hydrogen-bond donors (Lipinski definition) is 1. The zero-order valence-corrected chi connectivity index (χ0v) is 13.5. The van der Waals surface area contributed by atoms with Crippen LogP contribution in [0.2, 0.25) is 0 Å². The van der Waals surface area contributed by atoms with Gasteiger partial charge in [0.25, 0.3) is 0 Å². The number of hydrogen-bond acceptors (Lipinski definition) is 4. The third-order valence-electron chi connectivity index (χ3n) is 3.34. The molecule has 0 saturated carbocycles. The summed E-state index contributed by atoms with van der Waals surface area (Å²) in [5, 5.41) is 0.502. The van der Waals surface area contributed by atoms with Crippen LogP contribution in [-0.4, -0.2) is 31.9 Å². The second-order valence-corrected chi connectivity index (χ2v) is 6.47. The van der Waals surface area contributed by atoms with E-state index in [-0.39, 0.29) is 0 Å². The Morgan fingerprint density at radius 1 is 1.13 bits per heavy atom. The second-order valence-electron chi connectivity index (χ2n) is 5.10. The average molecular weight is 326 g/mol. The van der Waals surface area contributed by atoms with Gasteiger partial charge in [0.05, 0.1) is 33.3 Å². The van der Waals surface area contributed by atoms with Gasteiger partial charge in [-0.15, -0.1) is 0 Å². The zero-order chi connectivity index (χ0) is 15.9. The maximum Gasteiger partial charge on any atom is 0.197 e. The number of aliphatic imine (C=N–C) groups is 1. The van der Waals surface area contributed by atoms with Crippen molar-refractivity contribution in [2.75, 3.05) is 6.54 Å². The predicted octanol–water partition coefficient (Wildman–Crippen LogP) is 3.12. The van der Waals surface area contributed by atoms with Crippen molar-refractivity contribution in [2.45, 2.75) is 23.8 Å². The van der Waals surface area contributed by atoms with Crippen LogP contribution in [0, 0.1) is 0 Å². The SMILES string of the molecule is C1=NCCC1.O=S(Cc1ccccn1)c1nc2ccccc2[nH]1. The van der Waals surface area contributed by atoms with E-state index in [1.54, 1.807) is 6.20 Å². The number of aromatic amines is 1. The highest BCUT2D eigenvalue weighted by atomic mass is 32.2. The number of pyridine rings is 1. The van der Waals surface area contributed by atoms with E-state index < -0.39 is 10.8 Å². The summed E-state index contributed by atoms with van der Waals surface area (Å²) in [6, 6.07) is 13.2. The van der Waals surface area contributed by atoms with Gasteiger partial charge < -0.3 is 4.98 Å². The first-order valence-electron chi connectivity index (χ1n) is 7.54. The molecule has 118 valence electrons. The van der Waals surface area contributed by atoms with Crippen molar-refractivity contribution in [3.8, 4) is 0 Å². The van der Waals surface area contributed by atoms with Crippen molar-refractivity contribution in [2.24, 2.45) is 4.99 Å². The van der Waals surface area contributed by atoms with Crippen LogP contribution >= 0.6 is 0 Å². The van der Waals surface area contributed by atoms with Crippen LogP contribution in [0.5, 0.6) is 0 Å². The lowest BCUT2D eigenvalue weighted by atomic mass is 10.3. The maximum absolute atomic E-state index is 12.2. The van der Waals surface area contributed by atoms with Gasteiger partial charge >= 0.3 is 0 Å². The molecule has 0 amide bonds. The minimum absolute atomic E-state index is 0.376. The predicted molar refractivity (Wildman–Crippen MR) is 93.0 cm³/mol. The highest BCUT2D eigenvalue weighted by molar-refractivity contribution is 7.84. The molecule has 0 radical (unpaired) electrons. The quantitative estimate of drug-likeness (QED) is 0.804. The Kier molecular flexibility index (Phi) is 5.26. The van der Waals surface area contributed by atoms with Gasteiger partial charge in [-0.3, -0.25) is 14.2 Å². The van der Waals surface area contributed by atoms with E-state index in [1.807, 2.05) is 48.7 Å². The maximum atomic E-state index is 12.2. The van der Waals surface area contributed by atoms with Crippen molar-refractivity contribution in [1.29, 1.82) is 0 Å². The number of H-pyrrole nitrogens is 1. The van der Waals surface area contributed by atoms with Crippen LogP contribution in [0.3, 0.4) is 0 Å². The normalized spacial score (nSPS) is 14.4. The van der Waals surface area contributed by atoms with Crippen molar-refractivity contribution in [3.63, 3.8) is 0 Å². The lowest BCUT2D eigenvalue weighted by Crippen LogP contribution is -1.99. The van der Waals surface area contributed by atoms with Crippen LogP contribution in [0.4, 0.5) is 0 Å². The minimum Gasteiger partial charge on any atom is -0.331 e. The molecule has 0 saturated heterocycles. The summed E-state index contributed by atoms with van der Waals surface area (Å²) >= 11 is 0. The molecule has 1 aromatic carbocycles. The van der Waals surface area contributed by atoms with Gasteiger partial charge in [-0.2, -0.15) is 0 Å². The smallest absolute Gasteiger partial charge is 0.197 e. The monoisotopic (exact) mass is 326 g/mol. The molecule has 2 aromatic heterocycles. The summed E-state index contributed by atoms with van der Waals surface area (Å²) in [7, 11) is -1.20. The Labute approximate surface area is 137 Å². The summed E-state index contributed by atoms with van der Waals surface area (Å²) in [6.07, 6.45) is 6.17. The van der Waals surface area contributed by atoms with Crippen molar-refractivity contribution >= 4 is 28.0 Å². The molecular formula is C17H18N4OS. The van der Waals surface area contributed by atoms with Crippen LogP contribution in [0.25, 0.3) is 11.0 Å². The van der Waals surface area contributed by atoms with Gasteiger partial charge in [0.2, 0.25) is 0 Å². The molecule has 1 N–H and O–H groups in total. The molecule has 4 rings (SSSR count). The molecule has 5 nitrogen and oxygen atoms in total. The lowest BCUT2D eigenvalue weighted by Gasteiger charge is -1.97. The van der Waals surface area contributed by atoms with Gasteiger partial charge in [-0.05, 0) is 43.3 Å². The Morgan fingerprint density at radius 3 is 2.65 bits per heavy atom. The number of aromatic nitrogens is 3. The summed E-state index contributed by atoms with van der Waals surface area (Å²) in [5.74, 6) is 0.376. The molecular weight excluding hydrogens is 308 g/mol. The molecule has 0 bridgehead atoms. The number of imidazole rings is 1. The molecule has 0 spiro atoms. The fourth-order valence-electron chi connectivity index (χ4n) is 2.18. The van der Waals surface area contributed by atoms with Gasteiger partial charge in [-0.1, -0.05) is 18.2 Å². The second kappa shape index (κ2) is 7.78. The lowest BCUT2D eigenvalue weighted by molar-refractivity contribution is 0.677. The number of nitrogens with one attached hydrogen (secondary N) is 1. The minimum atomic E-state index is -1.20. The zero-order valence-electron chi connectivity index (χ0n) is 12.7. The van der Waals surface area contributed by atoms with E-state index in [9.17, 15) is 4.21 Å². The van der Waals surface area contributed by atoms with E-state index in [1.165, 1.54) is 12.8 Å². The van der Waals surface area contributed by atoms with Crippen molar-refractivity contribution < 1.29 is 4.21 Å². The molecule has 1 aliphatic heterocycles. The van der Waals surface area contributed by atoms with Gasteiger partial charge in [0, 0.05) is 12.7 Å². The van der Waals surface area contributed by atoms with E-state index in [4.69, 9.17) is 0 Å². The summed E-state index contributed by atoms with van der Waals surface area (Å²) in [6.45, 7) is 1.07.